The molecular weight excluding hydrogens is 797 g/mol. The summed E-state index contributed by atoms with van der Waals surface area (Å²) in [6, 6.07) is 15.3. The Morgan fingerprint density at radius 3 is 2.45 bits per heavy atom. The number of carbonyl (C=O) groups is 1. The SMILES string of the molecule is C=CCOP(=O)(OCC=C)OCc1ccccc1C(=O)O[C@@](Cn1cncn1)(c1ccc(F)cc1F)[C@@H](C)SC1COC(C=CC=Cc2ccc(C#N)cc2F)OC1. The lowest BCUT2D eigenvalue weighted by atomic mass is 9.89. The maximum atomic E-state index is 16.0. The van der Waals surface area contributed by atoms with Crippen molar-refractivity contribution in [3.8, 4) is 6.07 Å². The first-order chi connectivity index (χ1) is 28.0. The third-order valence-electron chi connectivity index (χ3n) is 8.57. The van der Waals surface area contributed by atoms with Crippen LogP contribution in [-0.4, -0.2) is 64.0 Å². The van der Waals surface area contributed by atoms with Gasteiger partial charge in [0.05, 0.1) is 62.0 Å². The zero-order chi connectivity index (χ0) is 41.5. The van der Waals surface area contributed by atoms with Crippen molar-refractivity contribution in [1.29, 1.82) is 5.26 Å². The van der Waals surface area contributed by atoms with Crippen LogP contribution in [0.2, 0.25) is 0 Å². The number of allylic oxidation sites excluding steroid dienone is 2. The smallest absolute Gasteiger partial charge is 0.447 e. The summed E-state index contributed by atoms with van der Waals surface area (Å²) in [5.74, 6) is -3.23. The van der Waals surface area contributed by atoms with Crippen molar-refractivity contribution in [3.63, 3.8) is 0 Å². The lowest BCUT2D eigenvalue weighted by Crippen LogP contribution is -2.47. The lowest BCUT2D eigenvalue weighted by Gasteiger charge is -2.40. The van der Waals surface area contributed by atoms with Gasteiger partial charge in [-0.3, -0.25) is 13.6 Å². The molecule has 4 aromatic rings. The van der Waals surface area contributed by atoms with E-state index in [1.54, 1.807) is 49.4 Å². The van der Waals surface area contributed by atoms with E-state index in [2.05, 4.69) is 23.2 Å². The number of esters is 1. The van der Waals surface area contributed by atoms with E-state index in [0.29, 0.717) is 11.6 Å². The fourth-order valence-corrected chi connectivity index (χ4v) is 8.20. The number of nitriles is 1. The van der Waals surface area contributed by atoms with Crippen LogP contribution in [0.25, 0.3) is 6.08 Å². The number of hydrogen-bond donors (Lipinski definition) is 0. The molecule has 12 nitrogen and oxygen atoms in total. The minimum atomic E-state index is -4.13. The number of phosphoric acid groups is 1. The Balaban J connectivity index is 1.38. The average molecular weight is 837 g/mol. The van der Waals surface area contributed by atoms with Crippen LogP contribution < -0.4 is 0 Å². The van der Waals surface area contributed by atoms with Gasteiger partial charge in [-0.1, -0.05) is 54.6 Å². The summed E-state index contributed by atoms with van der Waals surface area (Å²) < 4.78 is 93.6. The molecule has 2 heterocycles. The molecule has 0 spiro atoms. The van der Waals surface area contributed by atoms with Gasteiger partial charge in [-0.15, -0.1) is 24.9 Å². The van der Waals surface area contributed by atoms with E-state index in [1.807, 2.05) is 6.07 Å². The number of rotatable bonds is 20. The van der Waals surface area contributed by atoms with Crippen molar-refractivity contribution < 1.29 is 50.3 Å². The molecule has 0 amide bonds. The number of phosphoric ester groups is 1. The molecule has 2 atom stereocenters. The fraction of sp³-hybridized carbons (Fsp3) is 0.268. The average Bonchev–Trinajstić information content (AvgIpc) is 3.74. The molecule has 1 aliphatic heterocycles. The molecule has 17 heteroatoms. The van der Waals surface area contributed by atoms with Crippen LogP contribution >= 0.6 is 19.6 Å². The van der Waals surface area contributed by atoms with Crippen LogP contribution in [0.3, 0.4) is 0 Å². The molecule has 0 N–H and O–H groups in total. The third-order valence-corrected chi connectivity index (χ3v) is 11.4. The van der Waals surface area contributed by atoms with Gasteiger partial charge < -0.3 is 14.2 Å². The first-order valence-electron chi connectivity index (χ1n) is 17.8. The number of nitrogens with zero attached hydrogens (tertiary/aromatic N) is 4. The largest absolute Gasteiger partial charge is 0.475 e. The predicted octanol–water partition coefficient (Wildman–Crippen LogP) is 8.48. The standard InChI is InChI=1S/C41H40F3N4O8PS/c1-4-18-53-57(50,54-19-5-2)55-23-32-11-6-8-12-35(32)40(49)56-41(26-48-28-46-27-47-48,36-17-16-33(42)21-38(36)44)29(3)58-34-24-51-39(52-25-34)13-9-7-10-31-15-14-30(22-45)20-37(31)43/h4-17,20-21,27-29,34,39H,1-2,18-19,23-26H2,3H3/t29-,34?,39?,41-/m1/s1. The molecule has 0 aliphatic carbocycles. The second kappa shape index (κ2) is 21.1. The summed E-state index contributed by atoms with van der Waals surface area (Å²) in [4.78, 5) is 18.4. The Bertz CT molecular complexity index is 2180. The van der Waals surface area contributed by atoms with Crippen molar-refractivity contribution in [2.45, 2.75) is 42.5 Å². The molecule has 1 aliphatic rings. The van der Waals surface area contributed by atoms with Crippen LogP contribution in [0.4, 0.5) is 13.2 Å². The van der Waals surface area contributed by atoms with Gasteiger partial charge in [0, 0.05) is 22.4 Å². The fourth-order valence-electron chi connectivity index (χ4n) is 5.74. The minimum Gasteiger partial charge on any atom is -0.447 e. The van der Waals surface area contributed by atoms with E-state index >= 15 is 4.39 Å². The Hall–Kier alpha value is -5.11. The summed E-state index contributed by atoms with van der Waals surface area (Å²) in [6.45, 7) is 8.26. The number of thioether (sulfide) groups is 1. The first kappa shape index (κ1) is 44.0. The van der Waals surface area contributed by atoms with E-state index in [9.17, 15) is 18.1 Å². The van der Waals surface area contributed by atoms with Crippen LogP contribution in [0, 0.1) is 28.8 Å². The van der Waals surface area contributed by atoms with Crippen LogP contribution in [0.5, 0.6) is 0 Å². The number of carbonyl (C=O) groups excluding carboxylic acids is 1. The monoisotopic (exact) mass is 836 g/mol. The maximum Gasteiger partial charge on any atom is 0.475 e. The summed E-state index contributed by atoms with van der Waals surface area (Å²) >= 11 is 1.30. The molecule has 3 aromatic carbocycles. The van der Waals surface area contributed by atoms with Crippen molar-refractivity contribution in [1.82, 2.24) is 14.8 Å². The molecule has 304 valence electrons. The lowest BCUT2D eigenvalue weighted by molar-refractivity contribution is -0.146. The van der Waals surface area contributed by atoms with Crippen molar-refractivity contribution in [2.24, 2.45) is 0 Å². The van der Waals surface area contributed by atoms with Crippen molar-refractivity contribution in [2.75, 3.05) is 26.4 Å². The van der Waals surface area contributed by atoms with Gasteiger partial charge >= 0.3 is 13.8 Å². The molecule has 0 radical (unpaired) electrons. The number of aromatic nitrogens is 3. The Morgan fingerprint density at radius 1 is 1.05 bits per heavy atom. The van der Waals surface area contributed by atoms with Gasteiger partial charge in [0.1, 0.15) is 30.1 Å². The molecule has 0 bridgehead atoms. The van der Waals surface area contributed by atoms with E-state index in [4.69, 9.17) is 33.0 Å². The van der Waals surface area contributed by atoms with Gasteiger partial charge in [0.25, 0.3) is 0 Å². The highest BCUT2D eigenvalue weighted by atomic mass is 32.2. The number of ether oxygens (including phenoxy) is 3. The zero-order valence-electron chi connectivity index (χ0n) is 31.3. The van der Waals surface area contributed by atoms with Gasteiger partial charge in [0.15, 0.2) is 11.9 Å². The molecule has 58 heavy (non-hydrogen) atoms. The summed E-state index contributed by atoms with van der Waals surface area (Å²) in [5.41, 5.74) is -1.21. The third kappa shape index (κ3) is 11.7. The van der Waals surface area contributed by atoms with Crippen LogP contribution in [0.1, 0.15) is 39.5 Å². The number of benzene rings is 3. The van der Waals surface area contributed by atoms with Gasteiger partial charge in [0.2, 0.25) is 0 Å². The van der Waals surface area contributed by atoms with Crippen molar-refractivity contribution >= 4 is 31.6 Å². The molecule has 1 saturated heterocycles. The van der Waals surface area contributed by atoms with Crippen LogP contribution in [-0.2, 0) is 51.1 Å². The van der Waals surface area contributed by atoms with Gasteiger partial charge in [-0.05, 0) is 48.9 Å². The molecule has 0 unspecified atom stereocenters. The van der Waals surface area contributed by atoms with E-state index in [0.717, 1.165) is 12.1 Å². The summed E-state index contributed by atoms with van der Waals surface area (Å²) in [5, 5.41) is 12.0. The summed E-state index contributed by atoms with van der Waals surface area (Å²) in [7, 11) is -4.13. The Kier molecular flexibility index (Phi) is 16.0. The molecule has 5 rings (SSSR count). The van der Waals surface area contributed by atoms with E-state index in [-0.39, 0.29) is 60.5 Å². The molecular formula is C41H40F3N4O8PS. The van der Waals surface area contributed by atoms with Crippen LogP contribution in [0.15, 0.2) is 117 Å². The predicted molar refractivity (Wildman–Crippen MR) is 210 cm³/mol. The Morgan fingerprint density at radius 2 is 1.79 bits per heavy atom. The highest BCUT2D eigenvalue weighted by Gasteiger charge is 2.47. The first-order valence-corrected chi connectivity index (χ1v) is 20.2. The molecule has 1 fully saturated rings. The number of hydrogen-bond acceptors (Lipinski definition) is 12. The van der Waals surface area contributed by atoms with Crippen molar-refractivity contribution in [3.05, 3.63) is 162 Å². The maximum absolute atomic E-state index is 16.0. The quantitative estimate of drug-likeness (QED) is 0.0365. The highest BCUT2D eigenvalue weighted by molar-refractivity contribution is 8.00. The van der Waals surface area contributed by atoms with Gasteiger partial charge in [-0.2, -0.15) is 10.4 Å². The highest BCUT2D eigenvalue weighted by Crippen LogP contribution is 2.50. The second-order valence-electron chi connectivity index (χ2n) is 12.6. The normalized spacial score (nSPS) is 17.4. The van der Waals surface area contributed by atoms with E-state index in [1.165, 1.54) is 65.5 Å². The topological polar surface area (TPSA) is 144 Å². The van der Waals surface area contributed by atoms with Gasteiger partial charge in [-0.25, -0.2) is 32.2 Å². The summed E-state index contributed by atoms with van der Waals surface area (Å²) in [6.07, 6.45) is 11.1. The molecule has 0 saturated carbocycles. The Labute approximate surface area is 338 Å². The van der Waals surface area contributed by atoms with E-state index < -0.39 is 55.0 Å². The zero-order valence-corrected chi connectivity index (χ0v) is 33.0. The molecule has 1 aromatic heterocycles. The number of halogens is 3. The second-order valence-corrected chi connectivity index (χ2v) is 15.9. The minimum absolute atomic E-state index is 0.000825.